The fraction of sp³-hybridized carbons (Fsp3) is 0.533. The molecule has 1 aromatic carbocycles. The number of nitrogens with one attached hydrogen (secondary N) is 1. The summed E-state index contributed by atoms with van der Waals surface area (Å²) >= 11 is 0. The Hall–Kier alpha value is -1.59. The Bertz CT molecular complexity index is 453. The van der Waals surface area contributed by atoms with Gasteiger partial charge in [-0.05, 0) is 31.0 Å². The first-order chi connectivity index (χ1) is 9.54. The third-order valence-corrected chi connectivity index (χ3v) is 3.65. The van der Waals surface area contributed by atoms with E-state index in [2.05, 4.69) is 10.2 Å². The molecule has 20 heavy (non-hydrogen) atoms. The molecular weight excluding hydrogens is 252 g/mol. The van der Waals surface area contributed by atoms with E-state index in [-0.39, 0.29) is 5.91 Å². The van der Waals surface area contributed by atoms with Gasteiger partial charge in [0.05, 0.1) is 6.54 Å². The quantitative estimate of drug-likeness (QED) is 0.865. The maximum absolute atomic E-state index is 12.0. The minimum absolute atomic E-state index is 0.0383. The molecule has 1 fully saturated rings. The number of carbonyl (C=O) groups excluding carboxylic acids is 1. The number of nitrogens with zero attached hydrogens (tertiary/aromatic N) is 2. The average Bonchev–Trinajstić information content (AvgIpc) is 2.41. The van der Waals surface area contributed by atoms with Crippen molar-refractivity contribution in [1.29, 1.82) is 0 Å². The van der Waals surface area contributed by atoms with Crippen molar-refractivity contribution in [3.05, 3.63) is 24.3 Å². The zero-order chi connectivity index (χ0) is 14.5. The molecule has 1 amide bonds. The molecule has 1 heterocycles. The zero-order valence-corrected chi connectivity index (χ0v) is 12.3. The number of anilines is 2. The van der Waals surface area contributed by atoms with Crippen LogP contribution >= 0.6 is 0 Å². The van der Waals surface area contributed by atoms with Gasteiger partial charge >= 0.3 is 0 Å². The predicted molar refractivity (Wildman–Crippen MR) is 83.0 cm³/mol. The third kappa shape index (κ3) is 4.21. The number of likely N-dealkylation sites (tertiary alicyclic amines) is 1. The van der Waals surface area contributed by atoms with E-state index in [4.69, 9.17) is 5.73 Å². The van der Waals surface area contributed by atoms with E-state index in [9.17, 15) is 4.79 Å². The molecule has 0 aromatic heterocycles. The fourth-order valence-corrected chi connectivity index (χ4v) is 2.38. The normalized spacial score (nSPS) is 16.9. The third-order valence-electron chi connectivity index (χ3n) is 3.65. The molecule has 0 bridgehead atoms. The summed E-state index contributed by atoms with van der Waals surface area (Å²) < 4.78 is 0. The van der Waals surface area contributed by atoms with E-state index in [1.54, 1.807) is 0 Å². The largest absolute Gasteiger partial charge is 0.378 e. The van der Waals surface area contributed by atoms with Crippen LogP contribution in [0.2, 0.25) is 0 Å². The van der Waals surface area contributed by atoms with Crippen LogP contribution in [0.3, 0.4) is 0 Å². The first-order valence-electron chi connectivity index (χ1n) is 7.10. The summed E-state index contributed by atoms with van der Waals surface area (Å²) in [7, 11) is 3.97. The van der Waals surface area contributed by atoms with Crippen molar-refractivity contribution in [3.8, 4) is 0 Å². The van der Waals surface area contributed by atoms with E-state index in [0.717, 1.165) is 37.3 Å². The Balaban J connectivity index is 1.86. The molecule has 0 atom stereocenters. The molecule has 0 aliphatic carbocycles. The second-order valence-corrected chi connectivity index (χ2v) is 5.61. The monoisotopic (exact) mass is 276 g/mol. The number of nitrogens with two attached hydrogens (primary N) is 1. The Morgan fingerprint density at radius 2 is 2.10 bits per heavy atom. The number of carbonyl (C=O) groups is 1. The van der Waals surface area contributed by atoms with Gasteiger partial charge in [-0.3, -0.25) is 9.69 Å². The highest BCUT2D eigenvalue weighted by molar-refractivity contribution is 5.92. The summed E-state index contributed by atoms with van der Waals surface area (Å²) in [6, 6.07) is 8.15. The van der Waals surface area contributed by atoms with Gasteiger partial charge in [0, 0.05) is 44.6 Å². The van der Waals surface area contributed by atoms with Crippen molar-refractivity contribution in [2.75, 3.05) is 43.9 Å². The first-order valence-corrected chi connectivity index (χ1v) is 7.10. The van der Waals surface area contributed by atoms with Gasteiger partial charge in [0.15, 0.2) is 0 Å². The molecule has 0 unspecified atom stereocenters. The van der Waals surface area contributed by atoms with Gasteiger partial charge in [-0.25, -0.2) is 0 Å². The van der Waals surface area contributed by atoms with Crippen LogP contribution in [0, 0.1) is 0 Å². The molecular formula is C15H24N4O. The number of hydrogen-bond acceptors (Lipinski definition) is 4. The van der Waals surface area contributed by atoms with Crippen LogP contribution in [0.5, 0.6) is 0 Å². The predicted octanol–water partition coefficient (Wildman–Crippen LogP) is 1.11. The van der Waals surface area contributed by atoms with Crippen LogP contribution in [-0.2, 0) is 4.79 Å². The highest BCUT2D eigenvalue weighted by Gasteiger charge is 2.18. The highest BCUT2D eigenvalue weighted by atomic mass is 16.2. The van der Waals surface area contributed by atoms with Gasteiger partial charge in [0.25, 0.3) is 0 Å². The van der Waals surface area contributed by atoms with Gasteiger partial charge in [-0.2, -0.15) is 0 Å². The van der Waals surface area contributed by atoms with Crippen molar-refractivity contribution >= 4 is 17.3 Å². The van der Waals surface area contributed by atoms with Gasteiger partial charge < -0.3 is 16.0 Å². The molecule has 110 valence electrons. The first kappa shape index (κ1) is 14.8. The average molecular weight is 276 g/mol. The second-order valence-electron chi connectivity index (χ2n) is 5.61. The van der Waals surface area contributed by atoms with E-state index in [1.807, 2.05) is 43.3 Å². The number of rotatable bonds is 4. The fourth-order valence-electron chi connectivity index (χ4n) is 2.38. The van der Waals surface area contributed by atoms with Gasteiger partial charge in [0.2, 0.25) is 5.91 Å². The van der Waals surface area contributed by atoms with E-state index < -0.39 is 0 Å². The second kappa shape index (κ2) is 6.72. The van der Waals surface area contributed by atoms with E-state index >= 15 is 0 Å². The highest BCUT2D eigenvalue weighted by Crippen LogP contribution is 2.17. The van der Waals surface area contributed by atoms with Crippen LogP contribution in [0.4, 0.5) is 11.4 Å². The molecule has 2 rings (SSSR count). The molecule has 1 aromatic rings. The lowest BCUT2D eigenvalue weighted by Gasteiger charge is -2.29. The van der Waals surface area contributed by atoms with Crippen molar-refractivity contribution in [1.82, 2.24) is 4.90 Å². The summed E-state index contributed by atoms with van der Waals surface area (Å²) in [4.78, 5) is 16.2. The van der Waals surface area contributed by atoms with E-state index in [0.29, 0.717) is 12.6 Å². The van der Waals surface area contributed by atoms with Crippen molar-refractivity contribution < 1.29 is 4.79 Å². The standard InChI is InChI=1S/C15H24N4O/c1-18(2)14-5-3-4-13(10-14)17-15(20)11-19-8-6-12(16)7-9-19/h3-5,10,12H,6-9,11,16H2,1-2H3,(H,17,20). The topological polar surface area (TPSA) is 61.6 Å². The molecule has 0 radical (unpaired) electrons. The smallest absolute Gasteiger partial charge is 0.238 e. The summed E-state index contributed by atoms with van der Waals surface area (Å²) in [6.07, 6.45) is 1.95. The lowest BCUT2D eigenvalue weighted by atomic mass is 10.1. The summed E-state index contributed by atoms with van der Waals surface area (Å²) in [5, 5.41) is 2.96. The summed E-state index contributed by atoms with van der Waals surface area (Å²) in [5.74, 6) is 0.0383. The molecule has 1 aliphatic heterocycles. The van der Waals surface area contributed by atoms with Crippen LogP contribution < -0.4 is 16.0 Å². The molecule has 5 nitrogen and oxygen atoms in total. The van der Waals surface area contributed by atoms with Gasteiger partial charge in [0.1, 0.15) is 0 Å². The minimum Gasteiger partial charge on any atom is -0.378 e. The van der Waals surface area contributed by atoms with Crippen molar-refractivity contribution in [2.45, 2.75) is 18.9 Å². The Labute approximate surface area is 120 Å². The minimum atomic E-state index is 0.0383. The van der Waals surface area contributed by atoms with E-state index in [1.165, 1.54) is 0 Å². The van der Waals surface area contributed by atoms with Gasteiger partial charge in [-0.15, -0.1) is 0 Å². The molecule has 1 aliphatic rings. The van der Waals surface area contributed by atoms with Crippen LogP contribution in [0.1, 0.15) is 12.8 Å². The van der Waals surface area contributed by atoms with Crippen LogP contribution in [-0.4, -0.2) is 50.6 Å². The molecule has 0 saturated carbocycles. The number of amides is 1. The maximum atomic E-state index is 12.0. The Kier molecular flexibility index (Phi) is 4.98. The number of benzene rings is 1. The lowest BCUT2D eigenvalue weighted by Crippen LogP contribution is -2.43. The zero-order valence-electron chi connectivity index (χ0n) is 12.3. The Morgan fingerprint density at radius 1 is 1.40 bits per heavy atom. The van der Waals surface area contributed by atoms with Crippen LogP contribution in [0.25, 0.3) is 0 Å². The SMILES string of the molecule is CN(C)c1cccc(NC(=O)CN2CCC(N)CC2)c1. The number of piperidine rings is 1. The molecule has 1 saturated heterocycles. The summed E-state index contributed by atoms with van der Waals surface area (Å²) in [5.41, 5.74) is 7.78. The molecule has 0 spiro atoms. The molecule has 3 N–H and O–H groups in total. The molecule has 5 heteroatoms. The number of hydrogen-bond donors (Lipinski definition) is 2. The van der Waals surface area contributed by atoms with Crippen molar-refractivity contribution in [3.63, 3.8) is 0 Å². The van der Waals surface area contributed by atoms with Crippen molar-refractivity contribution in [2.24, 2.45) is 5.73 Å². The lowest BCUT2D eigenvalue weighted by molar-refractivity contribution is -0.117. The summed E-state index contributed by atoms with van der Waals surface area (Å²) in [6.45, 7) is 2.26. The van der Waals surface area contributed by atoms with Crippen LogP contribution in [0.15, 0.2) is 24.3 Å². The maximum Gasteiger partial charge on any atom is 0.238 e. The van der Waals surface area contributed by atoms with Gasteiger partial charge in [-0.1, -0.05) is 6.07 Å². The Morgan fingerprint density at radius 3 is 2.75 bits per heavy atom.